The molecule has 0 spiro atoms. The molecule has 2 rings (SSSR count). The van der Waals surface area contributed by atoms with E-state index in [1.165, 1.54) is 26.2 Å². The fourth-order valence-electron chi connectivity index (χ4n) is 2.23. The molecular weight excluding hydrogens is 340 g/mol. The summed E-state index contributed by atoms with van der Waals surface area (Å²) in [6, 6.07) is 11.6. The minimum atomic E-state index is -3.58. The molecule has 2 aromatic rings. The molecule has 0 unspecified atom stereocenters. The van der Waals surface area contributed by atoms with E-state index in [0.717, 1.165) is 9.87 Å². The van der Waals surface area contributed by atoms with Gasteiger partial charge in [-0.3, -0.25) is 4.79 Å². The molecule has 0 aliphatic carbocycles. The molecule has 0 aliphatic rings. The summed E-state index contributed by atoms with van der Waals surface area (Å²) >= 11 is 0. The van der Waals surface area contributed by atoms with E-state index >= 15 is 0 Å². The molecule has 25 heavy (non-hydrogen) atoms. The number of anilines is 1. The molecular formula is C18H22N2O4S. The molecule has 0 heterocycles. The highest BCUT2D eigenvalue weighted by Gasteiger charge is 2.19. The smallest absolute Gasteiger partial charge is 0.259 e. The van der Waals surface area contributed by atoms with Crippen molar-refractivity contribution in [2.24, 2.45) is 0 Å². The molecule has 1 amide bonds. The van der Waals surface area contributed by atoms with E-state index in [1.807, 2.05) is 6.92 Å². The zero-order valence-electron chi connectivity index (χ0n) is 14.7. The number of carbonyl (C=O) groups is 1. The van der Waals surface area contributed by atoms with E-state index in [2.05, 4.69) is 5.32 Å². The average molecular weight is 362 g/mol. The number of benzene rings is 2. The highest BCUT2D eigenvalue weighted by atomic mass is 32.2. The number of ether oxygens (including phenoxy) is 1. The Balaban J connectivity index is 2.36. The van der Waals surface area contributed by atoms with Crippen molar-refractivity contribution in [2.45, 2.75) is 18.7 Å². The Morgan fingerprint density at radius 2 is 1.84 bits per heavy atom. The van der Waals surface area contributed by atoms with Crippen LogP contribution in [-0.2, 0) is 10.0 Å². The minimum Gasteiger partial charge on any atom is -0.493 e. The van der Waals surface area contributed by atoms with Gasteiger partial charge in [0.05, 0.1) is 17.1 Å². The third kappa shape index (κ3) is 4.18. The number of hydrogen-bond acceptors (Lipinski definition) is 4. The van der Waals surface area contributed by atoms with Crippen molar-refractivity contribution in [1.82, 2.24) is 4.31 Å². The van der Waals surface area contributed by atoms with Gasteiger partial charge in [-0.1, -0.05) is 18.2 Å². The van der Waals surface area contributed by atoms with Gasteiger partial charge in [0, 0.05) is 19.8 Å². The predicted molar refractivity (Wildman–Crippen MR) is 97.6 cm³/mol. The topological polar surface area (TPSA) is 75.7 Å². The van der Waals surface area contributed by atoms with E-state index in [1.54, 1.807) is 37.3 Å². The van der Waals surface area contributed by atoms with Gasteiger partial charge in [0.25, 0.3) is 5.91 Å². The van der Waals surface area contributed by atoms with Gasteiger partial charge in [0.15, 0.2) is 0 Å². The van der Waals surface area contributed by atoms with Crippen molar-refractivity contribution in [3.05, 3.63) is 53.6 Å². The standard InChI is InChI=1S/C18H22N2O4S/c1-5-24-17-9-7-6-8-15(17)18(21)19-16-12-14(11-10-13(16)2)25(22,23)20(3)4/h6-12H,5H2,1-4H3,(H,19,21). The molecule has 1 N–H and O–H groups in total. The zero-order chi connectivity index (χ0) is 18.6. The number of amides is 1. The highest BCUT2D eigenvalue weighted by Crippen LogP contribution is 2.24. The van der Waals surface area contributed by atoms with E-state index in [0.29, 0.717) is 23.6 Å². The highest BCUT2D eigenvalue weighted by molar-refractivity contribution is 7.89. The SMILES string of the molecule is CCOc1ccccc1C(=O)Nc1cc(S(=O)(=O)N(C)C)ccc1C. The van der Waals surface area contributed by atoms with Gasteiger partial charge < -0.3 is 10.1 Å². The second-order valence-corrected chi connectivity index (χ2v) is 7.80. The minimum absolute atomic E-state index is 0.122. The Bertz CT molecular complexity index is 876. The number of hydrogen-bond donors (Lipinski definition) is 1. The average Bonchev–Trinajstić information content (AvgIpc) is 2.57. The third-order valence-corrected chi connectivity index (χ3v) is 5.48. The quantitative estimate of drug-likeness (QED) is 0.857. The second-order valence-electron chi connectivity index (χ2n) is 5.65. The van der Waals surface area contributed by atoms with Crippen LogP contribution in [0, 0.1) is 6.92 Å². The number of para-hydroxylation sites is 1. The summed E-state index contributed by atoms with van der Waals surface area (Å²) in [5, 5.41) is 2.77. The predicted octanol–water partition coefficient (Wildman–Crippen LogP) is 2.90. The van der Waals surface area contributed by atoms with Crippen LogP contribution in [0.2, 0.25) is 0 Å². The Morgan fingerprint density at radius 3 is 2.48 bits per heavy atom. The first-order valence-corrected chi connectivity index (χ1v) is 9.27. The van der Waals surface area contributed by atoms with Crippen LogP contribution in [0.1, 0.15) is 22.8 Å². The Kier molecular flexibility index (Phi) is 5.81. The summed E-state index contributed by atoms with van der Waals surface area (Å²) in [4.78, 5) is 12.7. The molecule has 0 aliphatic heterocycles. The van der Waals surface area contributed by atoms with Crippen molar-refractivity contribution in [1.29, 1.82) is 0 Å². The molecule has 0 bridgehead atoms. The summed E-state index contributed by atoms with van der Waals surface area (Å²) in [5.74, 6) is 0.128. The van der Waals surface area contributed by atoms with Crippen LogP contribution in [0.15, 0.2) is 47.4 Å². The summed E-state index contributed by atoms with van der Waals surface area (Å²) in [7, 11) is -0.648. The van der Waals surface area contributed by atoms with Gasteiger partial charge >= 0.3 is 0 Å². The van der Waals surface area contributed by atoms with E-state index in [9.17, 15) is 13.2 Å². The van der Waals surface area contributed by atoms with Crippen LogP contribution >= 0.6 is 0 Å². The van der Waals surface area contributed by atoms with Gasteiger partial charge in [-0.2, -0.15) is 0 Å². The van der Waals surface area contributed by atoms with Crippen LogP contribution in [0.4, 0.5) is 5.69 Å². The van der Waals surface area contributed by atoms with Crippen LogP contribution in [0.3, 0.4) is 0 Å². The van der Waals surface area contributed by atoms with Gasteiger partial charge in [-0.25, -0.2) is 12.7 Å². The number of carbonyl (C=O) groups excluding carboxylic acids is 1. The number of aryl methyl sites for hydroxylation is 1. The van der Waals surface area contributed by atoms with Crippen LogP contribution < -0.4 is 10.1 Å². The first-order chi connectivity index (χ1) is 11.8. The van der Waals surface area contributed by atoms with Gasteiger partial charge in [-0.15, -0.1) is 0 Å². The monoisotopic (exact) mass is 362 g/mol. The first kappa shape index (κ1) is 19.0. The maximum absolute atomic E-state index is 12.6. The zero-order valence-corrected chi connectivity index (χ0v) is 15.6. The number of nitrogens with one attached hydrogen (secondary N) is 1. The van der Waals surface area contributed by atoms with Gasteiger partial charge in [0.1, 0.15) is 5.75 Å². The number of rotatable bonds is 6. The molecule has 0 saturated carbocycles. The van der Waals surface area contributed by atoms with E-state index in [4.69, 9.17) is 4.74 Å². The third-order valence-electron chi connectivity index (χ3n) is 3.67. The molecule has 2 aromatic carbocycles. The van der Waals surface area contributed by atoms with E-state index in [-0.39, 0.29) is 10.8 Å². The van der Waals surface area contributed by atoms with Crippen molar-refractivity contribution in [3.8, 4) is 5.75 Å². The van der Waals surface area contributed by atoms with Gasteiger partial charge in [0.2, 0.25) is 10.0 Å². The molecule has 134 valence electrons. The molecule has 0 aromatic heterocycles. The Morgan fingerprint density at radius 1 is 1.16 bits per heavy atom. The van der Waals surface area contributed by atoms with Crippen LogP contribution in [0.5, 0.6) is 5.75 Å². The summed E-state index contributed by atoms with van der Waals surface area (Å²) in [6.07, 6.45) is 0. The van der Waals surface area contributed by atoms with Crippen molar-refractivity contribution in [3.63, 3.8) is 0 Å². The molecule has 0 radical (unpaired) electrons. The lowest BCUT2D eigenvalue weighted by Crippen LogP contribution is -2.22. The molecule has 0 saturated heterocycles. The van der Waals surface area contributed by atoms with Crippen molar-refractivity contribution < 1.29 is 17.9 Å². The fraction of sp³-hybridized carbons (Fsp3) is 0.278. The summed E-state index contributed by atoms with van der Waals surface area (Å²) < 4.78 is 31.2. The second kappa shape index (κ2) is 7.67. The molecule has 7 heteroatoms. The number of nitrogens with zero attached hydrogens (tertiary/aromatic N) is 1. The maximum atomic E-state index is 12.6. The fourth-order valence-corrected chi connectivity index (χ4v) is 3.16. The summed E-state index contributed by atoms with van der Waals surface area (Å²) in [5.41, 5.74) is 1.60. The lowest BCUT2D eigenvalue weighted by Gasteiger charge is -2.15. The normalized spacial score (nSPS) is 11.4. The lowest BCUT2D eigenvalue weighted by atomic mass is 10.1. The Hall–Kier alpha value is -2.38. The van der Waals surface area contributed by atoms with Crippen molar-refractivity contribution in [2.75, 3.05) is 26.0 Å². The summed E-state index contributed by atoms with van der Waals surface area (Å²) in [6.45, 7) is 4.09. The van der Waals surface area contributed by atoms with E-state index < -0.39 is 10.0 Å². The lowest BCUT2D eigenvalue weighted by molar-refractivity contribution is 0.102. The largest absolute Gasteiger partial charge is 0.493 e. The van der Waals surface area contributed by atoms with Crippen LogP contribution in [0.25, 0.3) is 0 Å². The first-order valence-electron chi connectivity index (χ1n) is 7.83. The Labute approximate surface area is 148 Å². The van der Waals surface area contributed by atoms with Crippen molar-refractivity contribution >= 4 is 21.6 Å². The van der Waals surface area contributed by atoms with Gasteiger partial charge in [-0.05, 0) is 43.7 Å². The number of sulfonamides is 1. The molecule has 6 nitrogen and oxygen atoms in total. The van der Waals surface area contributed by atoms with Crippen LogP contribution in [-0.4, -0.2) is 39.3 Å². The molecule has 0 atom stereocenters. The maximum Gasteiger partial charge on any atom is 0.259 e. The molecule has 0 fully saturated rings.